The number of aromatic nitrogens is 2. The molecule has 0 fully saturated rings. The second kappa shape index (κ2) is 6.62. The Labute approximate surface area is 132 Å². The van der Waals surface area contributed by atoms with E-state index < -0.39 is 10.0 Å². The third kappa shape index (κ3) is 3.56. The minimum Gasteiger partial charge on any atom is -0.273 e. The zero-order valence-electron chi connectivity index (χ0n) is 13.5. The van der Waals surface area contributed by atoms with Gasteiger partial charge in [0.1, 0.15) is 0 Å². The first-order valence-corrected chi connectivity index (χ1v) is 8.90. The summed E-state index contributed by atoms with van der Waals surface area (Å²) in [6, 6.07) is 7.11. The number of sulfonamides is 1. The third-order valence-corrected chi connectivity index (χ3v) is 5.58. The average molecular weight is 321 g/mol. The molecule has 0 aliphatic heterocycles. The zero-order chi connectivity index (χ0) is 16.3. The van der Waals surface area contributed by atoms with E-state index >= 15 is 0 Å². The van der Waals surface area contributed by atoms with Gasteiger partial charge in [-0.05, 0) is 37.0 Å². The van der Waals surface area contributed by atoms with Crippen molar-refractivity contribution < 1.29 is 8.42 Å². The van der Waals surface area contributed by atoms with Crippen molar-refractivity contribution in [2.75, 3.05) is 0 Å². The highest BCUT2D eigenvalue weighted by Gasteiger charge is 2.15. The fraction of sp³-hybridized carbons (Fsp3) is 0.438. The number of aryl methyl sites for hydroxylation is 1. The van der Waals surface area contributed by atoms with E-state index in [2.05, 4.69) is 23.7 Å². The van der Waals surface area contributed by atoms with E-state index in [4.69, 9.17) is 0 Å². The largest absolute Gasteiger partial charge is 0.273 e. The van der Waals surface area contributed by atoms with Crippen LogP contribution < -0.4 is 4.72 Å². The molecule has 2 aromatic rings. The molecule has 5 nitrogen and oxygen atoms in total. The molecule has 120 valence electrons. The first-order chi connectivity index (χ1) is 10.3. The lowest BCUT2D eigenvalue weighted by Gasteiger charge is -2.11. The second-order valence-corrected chi connectivity index (χ2v) is 7.35. The van der Waals surface area contributed by atoms with Crippen molar-refractivity contribution in [3.05, 3.63) is 47.3 Å². The Kier molecular flexibility index (Phi) is 5.03. The fourth-order valence-corrected chi connectivity index (χ4v) is 3.19. The molecule has 0 radical (unpaired) electrons. The summed E-state index contributed by atoms with van der Waals surface area (Å²) in [6.45, 7) is 6.41. The fourth-order valence-electron chi connectivity index (χ4n) is 2.19. The maximum absolute atomic E-state index is 12.3. The molecule has 1 unspecified atom stereocenters. The van der Waals surface area contributed by atoms with Gasteiger partial charge in [0.15, 0.2) is 0 Å². The van der Waals surface area contributed by atoms with Crippen LogP contribution in [0.5, 0.6) is 0 Å². The Morgan fingerprint density at radius 3 is 2.41 bits per heavy atom. The van der Waals surface area contributed by atoms with Crippen LogP contribution in [0.2, 0.25) is 0 Å². The smallest absolute Gasteiger partial charge is 0.240 e. The van der Waals surface area contributed by atoms with Gasteiger partial charge in [-0.15, -0.1) is 0 Å². The lowest BCUT2D eigenvalue weighted by Crippen LogP contribution is -2.23. The van der Waals surface area contributed by atoms with E-state index in [1.54, 1.807) is 23.0 Å². The molecule has 1 aromatic carbocycles. The normalized spacial score (nSPS) is 13.3. The molecule has 1 heterocycles. The molecule has 22 heavy (non-hydrogen) atoms. The van der Waals surface area contributed by atoms with Crippen LogP contribution in [0.4, 0.5) is 0 Å². The minimum absolute atomic E-state index is 0.245. The lowest BCUT2D eigenvalue weighted by atomic mass is 9.99. The standard InChI is InChI=1S/C16H23N3O2S/c1-5-12(2)14-6-8-16(9-7-14)22(20,21)18-11-15-10-17-19(4)13(15)3/h6-10,12,18H,5,11H2,1-4H3. The van der Waals surface area contributed by atoms with Crippen LogP contribution in [-0.2, 0) is 23.6 Å². The molecular weight excluding hydrogens is 298 g/mol. The highest BCUT2D eigenvalue weighted by Crippen LogP contribution is 2.20. The first-order valence-electron chi connectivity index (χ1n) is 7.42. The Morgan fingerprint density at radius 2 is 1.91 bits per heavy atom. The van der Waals surface area contributed by atoms with Gasteiger partial charge in [-0.1, -0.05) is 26.0 Å². The molecule has 6 heteroatoms. The maximum atomic E-state index is 12.3. The molecule has 1 N–H and O–H groups in total. The van der Waals surface area contributed by atoms with Crippen molar-refractivity contribution in [2.24, 2.45) is 7.05 Å². The van der Waals surface area contributed by atoms with Gasteiger partial charge >= 0.3 is 0 Å². The number of rotatable bonds is 6. The predicted octanol–water partition coefficient (Wildman–Crippen LogP) is 2.72. The highest BCUT2D eigenvalue weighted by molar-refractivity contribution is 7.89. The SMILES string of the molecule is CCC(C)c1ccc(S(=O)(=O)NCc2cnn(C)c2C)cc1. The molecule has 0 saturated heterocycles. The van der Waals surface area contributed by atoms with Crippen molar-refractivity contribution >= 4 is 10.0 Å². The molecule has 2 rings (SSSR count). The summed E-state index contributed by atoms with van der Waals surface area (Å²) >= 11 is 0. The molecule has 0 aliphatic carbocycles. The van der Waals surface area contributed by atoms with Gasteiger partial charge in [-0.25, -0.2) is 13.1 Å². The van der Waals surface area contributed by atoms with E-state index in [0.717, 1.165) is 23.2 Å². The van der Waals surface area contributed by atoms with Crippen LogP contribution in [0.3, 0.4) is 0 Å². The van der Waals surface area contributed by atoms with E-state index in [9.17, 15) is 8.42 Å². The Balaban J connectivity index is 2.11. The van der Waals surface area contributed by atoms with Crippen LogP contribution in [0.15, 0.2) is 35.4 Å². The highest BCUT2D eigenvalue weighted by atomic mass is 32.2. The number of nitrogens with one attached hydrogen (secondary N) is 1. The van der Waals surface area contributed by atoms with Crippen molar-refractivity contribution in [3.8, 4) is 0 Å². The molecule has 0 amide bonds. The van der Waals surface area contributed by atoms with E-state index in [1.807, 2.05) is 26.1 Å². The maximum Gasteiger partial charge on any atom is 0.240 e. The van der Waals surface area contributed by atoms with Crippen LogP contribution in [0.1, 0.15) is 43.0 Å². The van der Waals surface area contributed by atoms with Crippen LogP contribution in [-0.4, -0.2) is 18.2 Å². The van der Waals surface area contributed by atoms with Crippen molar-refractivity contribution in [1.82, 2.24) is 14.5 Å². The average Bonchev–Trinajstić information content (AvgIpc) is 2.84. The molecule has 0 bridgehead atoms. The zero-order valence-corrected chi connectivity index (χ0v) is 14.3. The van der Waals surface area contributed by atoms with Crippen LogP contribution >= 0.6 is 0 Å². The number of benzene rings is 1. The Bertz CT molecular complexity index is 733. The molecule has 0 saturated carbocycles. The first kappa shape index (κ1) is 16.7. The third-order valence-electron chi connectivity index (χ3n) is 4.16. The van der Waals surface area contributed by atoms with Crippen LogP contribution in [0.25, 0.3) is 0 Å². The van der Waals surface area contributed by atoms with Gasteiger partial charge in [0.05, 0.1) is 11.1 Å². The van der Waals surface area contributed by atoms with E-state index in [1.165, 1.54) is 0 Å². The summed E-state index contributed by atoms with van der Waals surface area (Å²) in [5, 5.41) is 4.11. The summed E-state index contributed by atoms with van der Waals surface area (Å²) < 4.78 is 29.0. The minimum atomic E-state index is -3.50. The summed E-state index contributed by atoms with van der Waals surface area (Å²) in [4.78, 5) is 0.293. The van der Waals surface area contributed by atoms with Gasteiger partial charge in [0.2, 0.25) is 10.0 Å². The molecule has 0 aliphatic rings. The van der Waals surface area contributed by atoms with Gasteiger partial charge in [0, 0.05) is 24.8 Å². The Morgan fingerprint density at radius 1 is 1.27 bits per heavy atom. The molecule has 1 aromatic heterocycles. The van der Waals surface area contributed by atoms with Gasteiger partial charge in [-0.3, -0.25) is 4.68 Å². The van der Waals surface area contributed by atoms with Crippen molar-refractivity contribution in [1.29, 1.82) is 0 Å². The summed E-state index contributed by atoms with van der Waals surface area (Å²) in [5.74, 6) is 0.433. The van der Waals surface area contributed by atoms with E-state index in [-0.39, 0.29) is 6.54 Å². The monoisotopic (exact) mass is 321 g/mol. The van der Waals surface area contributed by atoms with Crippen LogP contribution in [0, 0.1) is 6.92 Å². The summed E-state index contributed by atoms with van der Waals surface area (Å²) in [6.07, 6.45) is 2.72. The lowest BCUT2D eigenvalue weighted by molar-refractivity contribution is 0.581. The Hall–Kier alpha value is -1.66. The molecule has 0 spiro atoms. The summed E-state index contributed by atoms with van der Waals surface area (Å²) in [7, 11) is -1.67. The second-order valence-electron chi connectivity index (χ2n) is 5.58. The molecular formula is C16H23N3O2S. The van der Waals surface area contributed by atoms with Gasteiger partial charge < -0.3 is 0 Å². The molecule has 1 atom stereocenters. The van der Waals surface area contributed by atoms with Crippen molar-refractivity contribution in [3.63, 3.8) is 0 Å². The van der Waals surface area contributed by atoms with E-state index in [0.29, 0.717) is 10.8 Å². The number of hydrogen-bond acceptors (Lipinski definition) is 3. The predicted molar refractivity (Wildman–Crippen MR) is 87.1 cm³/mol. The van der Waals surface area contributed by atoms with Gasteiger partial charge in [0.25, 0.3) is 0 Å². The summed E-state index contributed by atoms with van der Waals surface area (Å²) in [5.41, 5.74) is 2.99. The number of nitrogens with zero attached hydrogens (tertiary/aromatic N) is 2. The topological polar surface area (TPSA) is 64.0 Å². The number of hydrogen-bond donors (Lipinski definition) is 1. The van der Waals surface area contributed by atoms with Gasteiger partial charge in [-0.2, -0.15) is 5.10 Å². The quantitative estimate of drug-likeness (QED) is 0.890. The van der Waals surface area contributed by atoms with Crippen molar-refractivity contribution in [2.45, 2.75) is 44.6 Å².